The van der Waals surface area contributed by atoms with E-state index in [1.54, 1.807) is 0 Å². The van der Waals surface area contributed by atoms with E-state index >= 15 is 0 Å². The zero-order valence-corrected chi connectivity index (χ0v) is 13.4. The highest BCUT2D eigenvalue weighted by atomic mass is 16.5. The molecule has 1 fully saturated rings. The molecule has 20 heavy (non-hydrogen) atoms. The second-order valence-corrected chi connectivity index (χ2v) is 6.19. The molecule has 0 radical (unpaired) electrons. The molecule has 0 heterocycles. The second kappa shape index (κ2) is 7.96. The molecule has 118 valence electrons. The Balaban J connectivity index is 2.38. The van der Waals surface area contributed by atoms with Gasteiger partial charge in [-0.05, 0) is 59.7 Å². The molecule has 0 spiro atoms. The van der Waals surface area contributed by atoms with E-state index in [4.69, 9.17) is 10.5 Å². The van der Waals surface area contributed by atoms with Crippen LogP contribution < -0.4 is 11.1 Å². The summed E-state index contributed by atoms with van der Waals surface area (Å²) < 4.78 is 5.56. The van der Waals surface area contributed by atoms with E-state index in [0.717, 1.165) is 45.4 Å². The minimum atomic E-state index is -0.491. The highest BCUT2D eigenvalue weighted by Gasteiger charge is 2.46. The lowest BCUT2D eigenvalue weighted by Crippen LogP contribution is -2.56. The Kier molecular flexibility index (Phi) is 6.92. The lowest BCUT2D eigenvalue weighted by atomic mass is 9.84. The zero-order valence-electron chi connectivity index (χ0n) is 13.4. The van der Waals surface area contributed by atoms with Gasteiger partial charge in [-0.25, -0.2) is 0 Å². The molecule has 0 aromatic carbocycles. The Bertz CT molecular complexity index is 309. The van der Waals surface area contributed by atoms with Crippen LogP contribution in [0.15, 0.2) is 0 Å². The van der Waals surface area contributed by atoms with Gasteiger partial charge in [-0.3, -0.25) is 4.79 Å². The third-order valence-corrected chi connectivity index (χ3v) is 4.49. The molecule has 1 amide bonds. The number of likely N-dealkylation sites (N-methyl/N-ethyl adjacent to an activating group) is 2. The Labute approximate surface area is 123 Å². The molecule has 5 heteroatoms. The van der Waals surface area contributed by atoms with Gasteiger partial charge in [0.25, 0.3) is 0 Å². The van der Waals surface area contributed by atoms with E-state index in [1.807, 2.05) is 20.9 Å². The van der Waals surface area contributed by atoms with E-state index in [-0.39, 0.29) is 12.0 Å². The molecule has 5 nitrogen and oxygen atoms in total. The van der Waals surface area contributed by atoms with Crippen molar-refractivity contribution in [1.82, 2.24) is 10.2 Å². The van der Waals surface area contributed by atoms with Gasteiger partial charge in [0.1, 0.15) is 5.54 Å². The molecule has 0 aliphatic heterocycles. The Morgan fingerprint density at radius 2 is 2.20 bits per heavy atom. The molecule has 3 N–H and O–H groups in total. The van der Waals surface area contributed by atoms with Crippen molar-refractivity contribution >= 4 is 5.91 Å². The molecule has 0 aromatic rings. The summed E-state index contributed by atoms with van der Waals surface area (Å²) in [5.74, 6) is 0.145. The molecule has 1 aliphatic rings. The summed E-state index contributed by atoms with van der Waals surface area (Å²) in [6.45, 7) is 6.75. The van der Waals surface area contributed by atoms with Crippen molar-refractivity contribution in [3.63, 3.8) is 0 Å². The van der Waals surface area contributed by atoms with Crippen LogP contribution in [0.2, 0.25) is 0 Å². The van der Waals surface area contributed by atoms with Gasteiger partial charge in [-0.15, -0.1) is 0 Å². The topological polar surface area (TPSA) is 67.6 Å². The van der Waals surface area contributed by atoms with Crippen molar-refractivity contribution in [3.8, 4) is 0 Å². The molecule has 2 unspecified atom stereocenters. The summed E-state index contributed by atoms with van der Waals surface area (Å²) in [5, 5.41) is 3.19. The van der Waals surface area contributed by atoms with Crippen LogP contribution in [0, 0.1) is 5.92 Å². The lowest BCUT2D eigenvalue weighted by molar-refractivity contribution is -0.125. The third kappa shape index (κ3) is 4.43. The first-order valence-electron chi connectivity index (χ1n) is 7.71. The average Bonchev–Trinajstić information content (AvgIpc) is 2.80. The number of hydrogen-bond donors (Lipinski definition) is 2. The second-order valence-electron chi connectivity index (χ2n) is 6.19. The first kappa shape index (κ1) is 17.4. The number of hydrogen-bond acceptors (Lipinski definition) is 4. The van der Waals surface area contributed by atoms with Crippen LogP contribution in [-0.2, 0) is 9.53 Å². The summed E-state index contributed by atoms with van der Waals surface area (Å²) in [6.07, 6.45) is 4.31. The standard InChI is InChI=1S/C15H31N3O2/c1-12(2)20-11-10-18(4)9-7-13-6-5-8-15(13,17-3)14(16)19/h12-13,17H,5-11H2,1-4H3,(H2,16,19). The average molecular weight is 285 g/mol. The Morgan fingerprint density at radius 3 is 2.75 bits per heavy atom. The fourth-order valence-corrected chi connectivity index (χ4v) is 3.18. The number of nitrogens with two attached hydrogens (primary N) is 1. The van der Waals surface area contributed by atoms with Gasteiger partial charge in [0.15, 0.2) is 0 Å². The van der Waals surface area contributed by atoms with Crippen LogP contribution in [0.5, 0.6) is 0 Å². The van der Waals surface area contributed by atoms with E-state index in [2.05, 4.69) is 17.3 Å². The lowest BCUT2D eigenvalue weighted by Gasteiger charge is -2.33. The summed E-state index contributed by atoms with van der Waals surface area (Å²) >= 11 is 0. The molecule has 0 saturated heterocycles. The smallest absolute Gasteiger partial charge is 0.238 e. The van der Waals surface area contributed by atoms with Crippen molar-refractivity contribution < 1.29 is 9.53 Å². The first-order chi connectivity index (χ1) is 9.42. The van der Waals surface area contributed by atoms with Gasteiger partial charge >= 0.3 is 0 Å². The predicted octanol–water partition coefficient (Wildman–Crippen LogP) is 0.977. The number of ether oxygens (including phenoxy) is 1. The zero-order chi connectivity index (χ0) is 15.2. The molecule has 2 atom stereocenters. The van der Waals surface area contributed by atoms with Crippen molar-refractivity contribution in [3.05, 3.63) is 0 Å². The molecular weight excluding hydrogens is 254 g/mol. The molecule has 1 aliphatic carbocycles. The summed E-state index contributed by atoms with van der Waals surface area (Å²) in [4.78, 5) is 14.0. The maximum atomic E-state index is 11.8. The summed E-state index contributed by atoms with van der Waals surface area (Å²) in [5.41, 5.74) is 5.13. The van der Waals surface area contributed by atoms with Gasteiger partial charge in [0, 0.05) is 6.54 Å². The van der Waals surface area contributed by atoms with Gasteiger partial charge in [-0.1, -0.05) is 6.42 Å². The van der Waals surface area contributed by atoms with Crippen LogP contribution in [-0.4, -0.2) is 56.2 Å². The SMILES string of the molecule is CNC1(C(N)=O)CCCC1CCN(C)CCOC(C)C. The first-order valence-corrected chi connectivity index (χ1v) is 7.71. The van der Waals surface area contributed by atoms with Crippen molar-refractivity contribution in [2.24, 2.45) is 11.7 Å². The number of nitrogens with one attached hydrogen (secondary N) is 1. The largest absolute Gasteiger partial charge is 0.377 e. The maximum Gasteiger partial charge on any atom is 0.238 e. The number of carbonyl (C=O) groups excluding carboxylic acids is 1. The quantitative estimate of drug-likeness (QED) is 0.662. The predicted molar refractivity (Wildman–Crippen MR) is 81.5 cm³/mol. The summed E-state index contributed by atoms with van der Waals surface area (Å²) in [6, 6.07) is 0. The van der Waals surface area contributed by atoms with E-state index in [0.29, 0.717) is 5.92 Å². The van der Waals surface area contributed by atoms with Crippen molar-refractivity contribution in [1.29, 1.82) is 0 Å². The van der Waals surface area contributed by atoms with Crippen LogP contribution in [0.3, 0.4) is 0 Å². The van der Waals surface area contributed by atoms with Gasteiger partial charge in [0.05, 0.1) is 12.7 Å². The van der Waals surface area contributed by atoms with E-state index in [1.165, 1.54) is 0 Å². The number of rotatable bonds is 9. The highest BCUT2D eigenvalue weighted by Crippen LogP contribution is 2.37. The number of carbonyl (C=O) groups is 1. The minimum absolute atomic E-state index is 0.201. The third-order valence-electron chi connectivity index (χ3n) is 4.49. The van der Waals surface area contributed by atoms with E-state index < -0.39 is 5.54 Å². The fourth-order valence-electron chi connectivity index (χ4n) is 3.18. The van der Waals surface area contributed by atoms with Crippen LogP contribution in [0.25, 0.3) is 0 Å². The van der Waals surface area contributed by atoms with Crippen molar-refractivity contribution in [2.45, 2.75) is 51.2 Å². The van der Waals surface area contributed by atoms with Gasteiger partial charge in [0.2, 0.25) is 5.91 Å². The number of nitrogens with zero attached hydrogens (tertiary/aromatic N) is 1. The van der Waals surface area contributed by atoms with Crippen LogP contribution in [0.4, 0.5) is 0 Å². The van der Waals surface area contributed by atoms with Gasteiger partial charge in [-0.2, -0.15) is 0 Å². The molecule has 0 bridgehead atoms. The van der Waals surface area contributed by atoms with Gasteiger partial charge < -0.3 is 20.7 Å². The van der Waals surface area contributed by atoms with Crippen LogP contribution >= 0.6 is 0 Å². The normalized spacial score (nSPS) is 26.6. The monoisotopic (exact) mass is 285 g/mol. The Morgan fingerprint density at radius 1 is 1.50 bits per heavy atom. The highest BCUT2D eigenvalue weighted by molar-refractivity contribution is 5.85. The molecule has 1 rings (SSSR count). The maximum absolute atomic E-state index is 11.8. The molecule has 0 aromatic heterocycles. The number of amides is 1. The fraction of sp³-hybridized carbons (Fsp3) is 0.933. The minimum Gasteiger partial charge on any atom is -0.377 e. The van der Waals surface area contributed by atoms with Crippen molar-refractivity contribution in [2.75, 3.05) is 33.8 Å². The van der Waals surface area contributed by atoms with E-state index in [9.17, 15) is 4.79 Å². The van der Waals surface area contributed by atoms with Crippen LogP contribution in [0.1, 0.15) is 39.5 Å². The summed E-state index contributed by atoms with van der Waals surface area (Å²) in [7, 11) is 3.95. The molecule has 1 saturated carbocycles. The number of primary amides is 1. The molecular formula is C15H31N3O2. The Hall–Kier alpha value is -0.650.